The fourth-order valence-corrected chi connectivity index (χ4v) is 3.72. The quantitative estimate of drug-likeness (QED) is 0.633. The Bertz CT molecular complexity index is 753. The number of benzene rings is 1. The lowest BCUT2D eigenvalue weighted by molar-refractivity contribution is 0.240. The number of hydrogen-bond acceptors (Lipinski definition) is 2. The van der Waals surface area contributed by atoms with Gasteiger partial charge >= 0.3 is 6.03 Å². The van der Waals surface area contributed by atoms with Crippen LogP contribution in [0.25, 0.3) is 0 Å². The van der Waals surface area contributed by atoms with E-state index in [1.54, 1.807) is 6.07 Å². The summed E-state index contributed by atoms with van der Waals surface area (Å²) in [7, 11) is 0. The second kappa shape index (κ2) is 10.6. The van der Waals surface area contributed by atoms with Crippen LogP contribution in [-0.2, 0) is 25.8 Å². The van der Waals surface area contributed by atoms with Crippen molar-refractivity contribution in [3.05, 3.63) is 50.8 Å². The number of amides is 2. The van der Waals surface area contributed by atoms with E-state index in [0.717, 1.165) is 36.9 Å². The predicted molar refractivity (Wildman–Crippen MR) is 112 cm³/mol. The number of urea groups is 1. The Morgan fingerprint density at radius 3 is 2.30 bits per heavy atom. The van der Waals surface area contributed by atoms with Crippen LogP contribution < -0.4 is 10.6 Å². The maximum Gasteiger partial charge on any atom is 0.314 e. The van der Waals surface area contributed by atoms with E-state index in [1.807, 2.05) is 23.7 Å². The smallest absolute Gasteiger partial charge is 0.314 e. The zero-order chi connectivity index (χ0) is 19.8. The summed E-state index contributed by atoms with van der Waals surface area (Å²) >= 11 is 12.3. The predicted octanol–water partition coefficient (Wildman–Crippen LogP) is 4.61. The summed E-state index contributed by atoms with van der Waals surface area (Å²) in [5.74, 6) is 0. The lowest BCUT2D eigenvalue weighted by Gasteiger charge is -2.10. The Labute approximate surface area is 171 Å². The van der Waals surface area contributed by atoms with Gasteiger partial charge in [0, 0.05) is 40.8 Å². The lowest BCUT2D eigenvalue weighted by Crippen LogP contribution is -2.37. The van der Waals surface area contributed by atoms with Gasteiger partial charge in [0.15, 0.2) is 0 Å². The number of rotatable bonds is 9. The molecule has 0 fully saturated rings. The maximum atomic E-state index is 11.7. The fourth-order valence-electron chi connectivity index (χ4n) is 3.15. The fraction of sp³-hybridized carbons (Fsp3) is 0.500. The van der Waals surface area contributed by atoms with Gasteiger partial charge in [-0.05, 0) is 43.0 Å². The largest absolute Gasteiger partial charge is 0.338 e. The molecule has 0 aliphatic carbocycles. The van der Waals surface area contributed by atoms with Crippen LogP contribution in [0, 0.1) is 0 Å². The molecule has 0 saturated carbocycles. The van der Waals surface area contributed by atoms with Crippen LogP contribution in [-0.4, -0.2) is 28.9 Å². The average molecular weight is 411 g/mol. The number of aromatic nitrogens is 2. The van der Waals surface area contributed by atoms with Crippen molar-refractivity contribution in [2.75, 3.05) is 13.1 Å². The number of aryl methyl sites for hydroxylation is 1. The molecule has 1 aromatic heterocycles. The second-order valence-corrected chi connectivity index (χ2v) is 7.31. The van der Waals surface area contributed by atoms with Gasteiger partial charge in [-0.1, -0.05) is 44.0 Å². The van der Waals surface area contributed by atoms with Crippen LogP contribution in [0.1, 0.15) is 49.7 Å². The monoisotopic (exact) mass is 410 g/mol. The molecular weight excluding hydrogens is 383 g/mol. The number of nitrogens with one attached hydrogen (secondary N) is 2. The molecule has 2 aromatic rings. The van der Waals surface area contributed by atoms with E-state index in [-0.39, 0.29) is 6.03 Å². The summed E-state index contributed by atoms with van der Waals surface area (Å²) in [5, 5.41) is 11.8. The summed E-state index contributed by atoms with van der Waals surface area (Å²) in [4.78, 5) is 11.7. The molecule has 0 aliphatic rings. The van der Waals surface area contributed by atoms with Crippen molar-refractivity contribution >= 4 is 29.2 Å². The third-order valence-electron chi connectivity index (χ3n) is 4.37. The van der Waals surface area contributed by atoms with Gasteiger partial charge in [-0.25, -0.2) is 4.79 Å². The van der Waals surface area contributed by atoms with Gasteiger partial charge in [0.1, 0.15) is 0 Å². The summed E-state index contributed by atoms with van der Waals surface area (Å²) in [6, 6.07) is 5.51. The standard InChI is InChI=1S/C20H28Cl2N4O/c1-4-7-23-20(27)24-8-9-26-19(6-3)17(18(5-2)25-26)12-14-10-15(21)13-16(22)11-14/h10-11,13H,4-9,12H2,1-3H3,(H2,23,24,27). The normalized spacial score (nSPS) is 10.9. The third kappa shape index (κ3) is 6.15. The van der Waals surface area contributed by atoms with E-state index in [0.29, 0.717) is 29.7 Å². The number of hydrogen-bond donors (Lipinski definition) is 2. The van der Waals surface area contributed by atoms with Crippen molar-refractivity contribution in [3.63, 3.8) is 0 Å². The molecule has 148 valence electrons. The highest BCUT2D eigenvalue weighted by Gasteiger charge is 2.16. The van der Waals surface area contributed by atoms with Gasteiger partial charge < -0.3 is 10.6 Å². The minimum atomic E-state index is -0.133. The molecule has 0 spiro atoms. The van der Waals surface area contributed by atoms with Crippen molar-refractivity contribution in [1.82, 2.24) is 20.4 Å². The summed E-state index contributed by atoms with van der Waals surface area (Å²) < 4.78 is 2.01. The summed E-state index contributed by atoms with van der Waals surface area (Å²) in [6.07, 6.45) is 3.40. The molecule has 5 nitrogen and oxygen atoms in total. The Morgan fingerprint density at radius 1 is 1.04 bits per heavy atom. The third-order valence-corrected chi connectivity index (χ3v) is 4.80. The lowest BCUT2D eigenvalue weighted by atomic mass is 10.0. The minimum Gasteiger partial charge on any atom is -0.338 e. The van der Waals surface area contributed by atoms with E-state index in [9.17, 15) is 4.79 Å². The van der Waals surface area contributed by atoms with Crippen LogP contribution in [0.15, 0.2) is 18.2 Å². The van der Waals surface area contributed by atoms with Gasteiger partial charge in [0.25, 0.3) is 0 Å². The zero-order valence-corrected chi connectivity index (χ0v) is 17.8. The molecule has 0 aliphatic heterocycles. The zero-order valence-electron chi connectivity index (χ0n) is 16.2. The van der Waals surface area contributed by atoms with Crippen LogP contribution in [0.5, 0.6) is 0 Å². The Kier molecular flexibility index (Phi) is 8.45. The average Bonchev–Trinajstić information content (AvgIpc) is 2.95. The molecule has 0 unspecified atom stereocenters. The van der Waals surface area contributed by atoms with E-state index in [1.165, 1.54) is 11.3 Å². The van der Waals surface area contributed by atoms with Gasteiger partial charge in [-0.3, -0.25) is 4.68 Å². The maximum absolute atomic E-state index is 11.7. The highest BCUT2D eigenvalue weighted by Crippen LogP contribution is 2.25. The van der Waals surface area contributed by atoms with Crippen molar-refractivity contribution in [2.24, 2.45) is 0 Å². The minimum absolute atomic E-state index is 0.133. The molecule has 0 bridgehead atoms. The number of carbonyl (C=O) groups is 1. The molecule has 2 rings (SSSR count). The number of halogens is 2. The SMILES string of the molecule is CCCNC(=O)NCCn1nc(CC)c(Cc2cc(Cl)cc(Cl)c2)c1CC. The topological polar surface area (TPSA) is 59.0 Å². The van der Waals surface area contributed by atoms with Crippen LogP contribution >= 0.6 is 23.2 Å². The Balaban J connectivity index is 2.14. The number of nitrogens with zero attached hydrogens (tertiary/aromatic N) is 2. The first kappa shape index (κ1) is 21.6. The number of carbonyl (C=O) groups excluding carboxylic acids is 1. The molecule has 2 N–H and O–H groups in total. The van der Waals surface area contributed by atoms with Crippen LogP contribution in [0.4, 0.5) is 4.79 Å². The molecule has 0 atom stereocenters. The molecule has 1 aromatic carbocycles. The molecule has 27 heavy (non-hydrogen) atoms. The Hall–Kier alpha value is -1.72. The molecular formula is C20H28Cl2N4O. The molecule has 0 saturated heterocycles. The first-order valence-corrected chi connectivity index (χ1v) is 10.3. The first-order valence-electron chi connectivity index (χ1n) is 9.52. The summed E-state index contributed by atoms with van der Waals surface area (Å²) in [5.41, 5.74) is 4.58. The van der Waals surface area contributed by atoms with Gasteiger partial charge in [0.05, 0.1) is 12.2 Å². The van der Waals surface area contributed by atoms with Crippen LogP contribution in [0.2, 0.25) is 10.0 Å². The van der Waals surface area contributed by atoms with Gasteiger partial charge in [0.2, 0.25) is 0 Å². The van der Waals surface area contributed by atoms with Crippen molar-refractivity contribution in [1.29, 1.82) is 0 Å². The molecule has 2 amide bonds. The van der Waals surface area contributed by atoms with Gasteiger partial charge in [-0.2, -0.15) is 5.10 Å². The molecule has 1 heterocycles. The molecule has 7 heteroatoms. The van der Waals surface area contributed by atoms with Crippen LogP contribution in [0.3, 0.4) is 0 Å². The summed E-state index contributed by atoms with van der Waals surface area (Å²) in [6.45, 7) is 8.13. The van der Waals surface area contributed by atoms with E-state index in [2.05, 4.69) is 24.5 Å². The first-order chi connectivity index (χ1) is 13.0. The van der Waals surface area contributed by atoms with E-state index < -0.39 is 0 Å². The Morgan fingerprint density at radius 2 is 1.70 bits per heavy atom. The van der Waals surface area contributed by atoms with Gasteiger partial charge in [-0.15, -0.1) is 0 Å². The van der Waals surface area contributed by atoms with Crippen molar-refractivity contribution in [3.8, 4) is 0 Å². The van der Waals surface area contributed by atoms with Crippen molar-refractivity contribution in [2.45, 2.75) is 53.0 Å². The van der Waals surface area contributed by atoms with E-state index >= 15 is 0 Å². The highest BCUT2D eigenvalue weighted by molar-refractivity contribution is 6.34. The van der Waals surface area contributed by atoms with E-state index in [4.69, 9.17) is 28.3 Å². The van der Waals surface area contributed by atoms with Crippen molar-refractivity contribution < 1.29 is 4.79 Å². The highest BCUT2D eigenvalue weighted by atomic mass is 35.5. The second-order valence-electron chi connectivity index (χ2n) is 6.44. The molecule has 0 radical (unpaired) electrons.